The number of hydrogen-bond donors (Lipinski definition) is 1. The van der Waals surface area contributed by atoms with Gasteiger partial charge in [0.25, 0.3) is 5.91 Å². The Morgan fingerprint density at radius 2 is 1.73 bits per heavy atom. The second kappa shape index (κ2) is 6.54. The molecule has 0 aliphatic rings. The maximum Gasteiger partial charge on any atom is 0.416 e. The Kier molecular flexibility index (Phi) is 4.41. The number of carbonyl (C=O) groups is 1. The summed E-state index contributed by atoms with van der Waals surface area (Å²) < 4.78 is 66.5. The average molecular weight is 368 g/mol. The van der Waals surface area contributed by atoms with Gasteiger partial charge in [0.2, 0.25) is 0 Å². The van der Waals surface area contributed by atoms with Crippen molar-refractivity contribution in [3.05, 3.63) is 71.8 Å². The van der Waals surface area contributed by atoms with Gasteiger partial charge < -0.3 is 5.32 Å². The second-order valence-electron chi connectivity index (χ2n) is 5.18. The first-order chi connectivity index (χ1) is 12.2. The van der Waals surface area contributed by atoms with Gasteiger partial charge in [-0.05, 0) is 30.3 Å². The Bertz CT molecular complexity index is 934. The predicted octanol–water partition coefficient (Wildman–Crippen LogP) is 3.82. The fourth-order valence-corrected chi connectivity index (χ4v) is 2.22. The van der Waals surface area contributed by atoms with Crippen LogP contribution in [0.15, 0.2) is 49.1 Å². The number of nitrogens with one attached hydrogen (secondary N) is 1. The van der Waals surface area contributed by atoms with Crippen molar-refractivity contribution in [3.63, 3.8) is 0 Å². The molecule has 1 amide bonds. The number of carbonyl (C=O) groups excluding carboxylic acids is 1. The second-order valence-corrected chi connectivity index (χ2v) is 5.18. The summed E-state index contributed by atoms with van der Waals surface area (Å²) in [6.07, 6.45) is -2.27. The van der Waals surface area contributed by atoms with Gasteiger partial charge in [0, 0.05) is 11.6 Å². The minimum absolute atomic E-state index is 0.0979. The summed E-state index contributed by atoms with van der Waals surface area (Å²) in [7, 11) is 0. The topological polar surface area (TPSA) is 59.8 Å². The van der Waals surface area contributed by atoms with Crippen molar-refractivity contribution in [2.75, 3.05) is 5.32 Å². The molecule has 5 nitrogen and oxygen atoms in total. The molecular weight excluding hydrogens is 359 g/mol. The van der Waals surface area contributed by atoms with E-state index in [1.54, 1.807) is 0 Å². The smallest absolute Gasteiger partial charge is 0.320 e. The molecule has 0 atom stereocenters. The lowest BCUT2D eigenvalue weighted by molar-refractivity contribution is -0.137. The van der Waals surface area contributed by atoms with Crippen molar-refractivity contribution in [1.29, 1.82) is 0 Å². The van der Waals surface area contributed by atoms with Crippen LogP contribution in [0, 0.1) is 11.6 Å². The van der Waals surface area contributed by atoms with Gasteiger partial charge in [-0.25, -0.2) is 18.4 Å². The van der Waals surface area contributed by atoms with Crippen LogP contribution in [0.25, 0.3) is 5.69 Å². The molecule has 1 N–H and O–H groups in total. The molecule has 0 spiro atoms. The highest BCUT2D eigenvalue weighted by molar-refractivity contribution is 6.05. The zero-order valence-corrected chi connectivity index (χ0v) is 12.8. The van der Waals surface area contributed by atoms with E-state index in [4.69, 9.17) is 0 Å². The lowest BCUT2D eigenvalue weighted by Gasteiger charge is -2.14. The standard InChI is InChI=1S/C16H9F5N4O/c17-11-3-9(4-12(18)6-11)15(26)24-13-5-10(16(19,20)21)1-2-14(13)25-8-22-7-23-25/h1-8H,(H,24,26). The summed E-state index contributed by atoms with van der Waals surface area (Å²) >= 11 is 0. The molecule has 0 aliphatic carbocycles. The van der Waals surface area contributed by atoms with Crippen LogP contribution in [0.5, 0.6) is 0 Å². The van der Waals surface area contributed by atoms with Gasteiger partial charge in [-0.3, -0.25) is 4.79 Å². The Morgan fingerprint density at radius 3 is 2.31 bits per heavy atom. The summed E-state index contributed by atoms with van der Waals surface area (Å²) in [5.41, 5.74) is -1.55. The fourth-order valence-electron chi connectivity index (χ4n) is 2.22. The van der Waals surface area contributed by atoms with Gasteiger partial charge in [-0.1, -0.05) is 0 Å². The first-order valence-electron chi connectivity index (χ1n) is 7.08. The fraction of sp³-hybridized carbons (Fsp3) is 0.0625. The number of benzene rings is 2. The average Bonchev–Trinajstić information content (AvgIpc) is 3.07. The molecule has 134 valence electrons. The van der Waals surface area contributed by atoms with E-state index in [0.29, 0.717) is 12.1 Å². The number of amides is 1. The maximum absolute atomic E-state index is 13.3. The third-order valence-electron chi connectivity index (χ3n) is 3.36. The number of hydrogen-bond acceptors (Lipinski definition) is 3. The summed E-state index contributed by atoms with van der Waals surface area (Å²) in [4.78, 5) is 15.9. The van der Waals surface area contributed by atoms with Crippen LogP contribution < -0.4 is 5.32 Å². The molecule has 3 rings (SSSR count). The normalized spacial score (nSPS) is 11.4. The van der Waals surface area contributed by atoms with Crippen LogP contribution in [-0.4, -0.2) is 20.7 Å². The third-order valence-corrected chi connectivity index (χ3v) is 3.36. The highest BCUT2D eigenvalue weighted by Gasteiger charge is 2.31. The molecule has 0 unspecified atom stereocenters. The minimum atomic E-state index is -4.65. The molecule has 10 heteroatoms. The monoisotopic (exact) mass is 368 g/mol. The van der Waals surface area contributed by atoms with Crippen LogP contribution in [0.3, 0.4) is 0 Å². The van der Waals surface area contributed by atoms with Gasteiger partial charge in [0.1, 0.15) is 24.3 Å². The molecule has 0 fully saturated rings. The Balaban J connectivity index is 2.02. The molecule has 1 heterocycles. The lowest BCUT2D eigenvalue weighted by atomic mass is 10.1. The Hall–Kier alpha value is -3.30. The molecule has 0 bridgehead atoms. The summed E-state index contributed by atoms with van der Waals surface area (Å²) in [6.45, 7) is 0. The number of alkyl halides is 3. The van der Waals surface area contributed by atoms with Gasteiger partial charge in [0.15, 0.2) is 0 Å². The summed E-state index contributed by atoms with van der Waals surface area (Å²) in [5, 5.41) is 6.02. The minimum Gasteiger partial charge on any atom is -0.320 e. The van der Waals surface area contributed by atoms with E-state index in [1.807, 2.05) is 0 Å². The SMILES string of the molecule is O=C(Nc1cc(C(F)(F)F)ccc1-n1cncn1)c1cc(F)cc(F)c1. The molecule has 3 aromatic rings. The number of nitrogens with zero attached hydrogens (tertiary/aromatic N) is 3. The summed E-state index contributed by atoms with van der Waals surface area (Å²) in [6, 6.07) is 4.71. The molecule has 0 saturated heterocycles. The molecule has 0 saturated carbocycles. The summed E-state index contributed by atoms with van der Waals surface area (Å²) in [5.74, 6) is -2.96. The van der Waals surface area contributed by atoms with E-state index >= 15 is 0 Å². The van der Waals surface area contributed by atoms with E-state index in [0.717, 1.165) is 35.3 Å². The zero-order chi connectivity index (χ0) is 18.9. The zero-order valence-electron chi connectivity index (χ0n) is 12.8. The number of aromatic nitrogens is 3. The van der Waals surface area contributed by atoms with E-state index in [-0.39, 0.29) is 16.9 Å². The van der Waals surface area contributed by atoms with Crippen molar-refractivity contribution in [2.45, 2.75) is 6.18 Å². The van der Waals surface area contributed by atoms with Crippen LogP contribution in [0.2, 0.25) is 0 Å². The Morgan fingerprint density at radius 1 is 1.04 bits per heavy atom. The van der Waals surface area contributed by atoms with Crippen molar-refractivity contribution in [1.82, 2.24) is 14.8 Å². The van der Waals surface area contributed by atoms with Crippen molar-refractivity contribution in [3.8, 4) is 5.69 Å². The van der Waals surface area contributed by atoms with Crippen LogP contribution >= 0.6 is 0 Å². The van der Waals surface area contributed by atoms with Gasteiger partial charge >= 0.3 is 6.18 Å². The highest BCUT2D eigenvalue weighted by atomic mass is 19.4. The van der Waals surface area contributed by atoms with E-state index < -0.39 is 29.3 Å². The van der Waals surface area contributed by atoms with E-state index in [1.165, 1.54) is 6.33 Å². The van der Waals surface area contributed by atoms with Crippen LogP contribution in [0.1, 0.15) is 15.9 Å². The molecule has 1 aromatic heterocycles. The van der Waals surface area contributed by atoms with E-state index in [2.05, 4.69) is 15.4 Å². The number of anilines is 1. The van der Waals surface area contributed by atoms with Crippen molar-refractivity contribution >= 4 is 11.6 Å². The van der Waals surface area contributed by atoms with Crippen molar-refractivity contribution < 1.29 is 26.7 Å². The van der Waals surface area contributed by atoms with Crippen LogP contribution in [0.4, 0.5) is 27.6 Å². The number of halogens is 5. The molecule has 2 aromatic carbocycles. The van der Waals surface area contributed by atoms with Crippen molar-refractivity contribution in [2.24, 2.45) is 0 Å². The largest absolute Gasteiger partial charge is 0.416 e. The van der Waals surface area contributed by atoms with Gasteiger partial charge in [0.05, 0.1) is 16.9 Å². The van der Waals surface area contributed by atoms with Gasteiger partial charge in [-0.2, -0.15) is 18.3 Å². The molecule has 0 radical (unpaired) electrons. The third kappa shape index (κ3) is 3.68. The first-order valence-corrected chi connectivity index (χ1v) is 7.08. The predicted molar refractivity (Wildman–Crippen MR) is 80.7 cm³/mol. The number of rotatable bonds is 3. The quantitative estimate of drug-likeness (QED) is 0.715. The van der Waals surface area contributed by atoms with Gasteiger partial charge in [-0.15, -0.1) is 0 Å². The first kappa shape index (κ1) is 17.5. The molecule has 26 heavy (non-hydrogen) atoms. The molecule has 0 aliphatic heterocycles. The lowest BCUT2D eigenvalue weighted by Crippen LogP contribution is -2.16. The highest BCUT2D eigenvalue weighted by Crippen LogP contribution is 2.33. The van der Waals surface area contributed by atoms with E-state index in [9.17, 15) is 26.7 Å². The maximum atomic E-state index is 13.3. The molecular formula is C16H9F5N4O. The Labute approximate surface area is 143 Å². The van der Waals surface area contributed by atoms with Crippen LogP contribution in [-0.2, 0) is 6.18 Å².